The lowest BCUT2D eigenvalue weighted by molar-refractivity contribution is -0.385. The van der Waals surface area contributed by atoms with Crippen molar-refractivity contribution in [1.82, 2.24) is 14.8 Å². The number of hydrogen-bond donors (Lipinski definition) is 0. The van der Waals surface area contributed by atoms with Crippen LogP contribution in [0.15, 0.2) is 24.5 Å². The fourth-order valence-corrected chi connectivity index (χ4v) is 1.39. The predicted molar refractivity (Wildman–Crippen MR) is 59.2 cm³/mol. The van der Waals surface area contributed by atoms with Crippen LogP contribution in [0.2, 0.25) is 5.15 Å². The molecule has 17 heavy (non-hydrogen) atoms. The summed E-state index contributed by atoms with van der Waals surface area (Å²) in [5, 5.41) is 14.5. The summed E-state index contributed by atoms with van der Waals surface area (Å²) in [7, 11) is 1.72. The zero-order valence-electron chi connectivity index (χ0n) is 8.70. The van der Waals surface area contributed by atoms with Crippen LogP contribution in [0.4, 0.5) is 5.69 Å². The molecule has 0 amide bonds. The zero-order valence-corrected chi connectivity index (χ0v) is 9.46. The Morgan fingerprint density at radius 2 is 2.29 bits per heavy atom. The van der Waals surface area contributed by atoms with E-state index >= 15 is 0 Å². The van der Waals surface area contributed by atoms with E-state index in [-0.39, 0.29) is 16.7 Å². The molecule has 0 saturated carbocycles. The number of rotatable bonds is 3. The Hall–Kier alpha value is -2.15. The maximum Gasteiger partial charge on any atom is 0.277 e. The molecule has 0 bridgehead atoms. The van der Waals surface area contributed by atoms with Crippen molar-refractivity contribution in [1.29, 1.82) is 0 Å². The largest absolute Gasteiger partial charge is 0.435 e. The van der Waals surface area contributed by atoms with Crippen molar-refractivity contribution in [2.75, 3.05) is 0 Å². The predicted octanol–water partition coefficient (Wildman–Crippen LogP) is 2.17. The molecule has 2 aromatic heterocycles. The maximum absolute atomic E-state index is 10.6. The summed E-state index contributed by atoms with van der Waals surface area (Å²) < 4.78 is 6.82. The molecule has 0 radical (unpaired) electrons. The summed E-state index contributed by atoms with van der Waals surface area (Å²) >= 11 is 5.65. The SMILES string of the molecule is Cn1cc(Oc2cc([N+](=O)[O-])cc(Cl)n2)cn1. The molecule has 0 aliphatic carbocycles. The first-order chi connectivity index (χ1) is 8.04. The second-order valence-electron chi connectivity index (χ2n) is 3.20. The van der Waals surface area contributed by atoms with E-state index in [4.69, 9.17) is 16.3 Å². The fourth-order valence-electron chi connectivity index (χ4n) is 1.19. The highest BCUT2D eigenvalue weighted by Crippen LogP contribution is 2.25. The summed E-state index contributed by atoms with van der Waals surface area (Å²) in [6.45, 7) is 0. The molecule has 0 N–H and O–H groups in total. The van der Waals surface area contributed by atoms with Crippen molar-refractivity contribution < 1.29 is 9.66 Å². The van der Waals surface area contributed by atoms with Crippen LogP contribution in [-0.2, 0) is 7.05 Å². The van der Waals surface area contributed by atoms with Gasteiger partial charge in [0.05, 0.1) is 29.4 Å². The standard InChI is InChI=1S/C9H7ClN4O3/c1-13-5-7(4-11-13)17-9-3-6(14(15)16)2-8(10)12-9/h2-5H,1H3. The van der Waals surface area contributed by atoms with Gasteiger partial charge in [-0.05, 0) is 0 Å². The monoisotopic (exact) mass is 254 g/mol. The van der Waals surface area contributed by atoms with Crippen molar-refractivity contribution in [2.24, 2.45) is 7.05 Å². The average Bonchev–Trinajstić information content (AvgIpc) is 2.63. The van der Waals surface area contributed by atoms with Gasteiger partial charge in [-0.2, -0.15) is 5.10 Å². The lowest BCUT2D eigenvalue weighted by Crippen LogP contribution is -1.92. The summed E-state index contributed by atoms with van der Waals surface area (Å²) in [5.41, 5.74) is -0.177. The van der Waals surface area contributed by atoms with Crippen molar-refractivity contribution in [3.63, 3.8) is 0 Å². The van der Waals surface area contributed by atoms with Gasteiger partial charge >= 0.3 is 0 Å². The molecule has 2 rings (SSSR count). The summed E-state index contributed by atoms with van der Waals surface area (Å²) in [6, 6.07) is 2.34. The van der Waals surface area contributed by atoms with Crippen molar-refractivity contribution in [2.45, 2.75) is 0 Å². The number of nitro groups is 1. The third-order valence-electron chi connectivity index (χ3n) is 1.87. The minimum absolute atomic E-state index is 0.00177. The van der Waals surface area contributed by atoms with Gasteiger partial charge in [0.15, 0.2) is 5.75 Å². The van der Waals surface area contributed by atoms with E-state index in [9.17, 15) is 10.1 Å². The lowest BCUT2D eigenvalue weighted by atomic mass is 10.4. The molecule has 0 spiro atoms. The van der Waals surface area contributed by atoms with Gasteiger partial charge in [0, 0.05) is 7.05 Å². The van der Waals surface area contributed by atoms with Crippen LogP contribution < -0.4 is 4.74 Å². The van der Waals surface area contributed by atoms with Crippen LogP contribution in [-0.4, -0.2) is 19.7 Å². The number of ether oxygens (including phenoxy) is 1. The molecular weight excluding hydrogens is 248 g/mol. The first kappa shape index (κ1) is 11.3. The Balaban J connectivity index is 2.29. The maximum atomic E-state index is 10.6. The van der Waals surface area contributed by atoms with Gasteiger partial charge in [0.2, 0.25) is 5.88 Å². The highest BCUT2D eigenvalue weighted by atomic mass is 35.5. The Bertz CT molecular complexity index is 569. The molecule has 2 aromatic rings. The van der Waals surface area contributed by atoms with Crippen molar-refractivity contribution in [3.05, 3.63) is 39.8 Å². The van der Waals surface area contributed by atoms with E-state index in [1.54, 1.807) is 13.2 Å². The minimum Gasteiger partial charge on any atom is -0.435 e. The minimum atomic E-state index is -0.566. The van der Waals surface area contributed by atoms with E-state index in [0.717, 1.165) is 6.07 Å². The summed E-state index contributed by atoms with van der Waals surface area (Å²) in [6.07, 6.45) is 3.07. The third kappa shape index (κ3) is 2.70. The van der Waals surface area contributed by atoms with Crippen LogP contribution >= 0.6 is 11.6 Å². The van der Waals surface area contributed by atoms with E-state index in [2.05, 4.69) is 10.1 Å². The Labute approximate surface area is 101 Å². The number of aryl methyl sites for hydroxylation is 1. The Kier molecular flexibility index (Phi) is 2.92. The number of hydrogen-bond acceptors (Lipinski definition) is 5. The lowest BCUT2D eigenvalue weighted by Gasteiger charge is -2.01. The van der Waals surface area contributed by atoms with Gasteiger partial charge < -0.3 is 4.74 Å². The highest BCUT2D eigenvalue weighted by Gasteiger charge is 2.12. The van der Waals surface area contributed by atoms with Gasteiger partial charge in [-0.3, -0.25) is 14.8 Å². The third-order valence-corrected chi connectivity index (χ3v) is 2.06. The Morgan fingerprint density at radius 3 is 2.88 bits per heavy atom. The van der Waals surface area contributed by atoms with Crippen molar-refractivity contribution >= 4 is 17.3 Å². The normalized spacial score (nSPS) is 10.2. The van der Waals surface area contributed by atoms with Crippen LogP contribution in [0.25, 0.3) is 0 Å². The second kappa shape index (κ2) is 4.38. The smallest absolute Gasteiger partial charge is 0.277 e. The van der Waals surface area contributed by atoms with Crippen molar-refractivity contribution in [3.8, 4) is 11.6 Å². The fraction of sp³-hybridized carbons (Fsp3) is 0.111. The quantitative estimate of drug-likeness (QED) is 0.476. The molecule has 88 valence electrons. The van der Waals surface area contributed by atoms with Crippen LogP contribution in [0, 0.1) is 10.1 Å². The molecule has 7 nitrogen and oxygen atoms in total. The van der Waals surface area contributed by atoms with Crippen LogP contribution in [0.3, 0.4) is 0 Å². The molecular formula is C9H7ClN4O3. The van der Waals surface area contributed by atoms with Crippen LogP contribution in [0.5, 0.6) is 11.6 Å². The van der Waals surface area contributed by atoms with Gasteiger partial charge in [-0.25, -0.2) is 4.98 Å². The van der Waals surface area contributed by atoms with Gasteiger partial charge in [0.25, 0.3) is 5.69 Å². The molecule has 0 fully saturated rings. The second-order valence-corrected chi connectivity index (χ2v) is 3.58. The van der Waals surface area contributed by atoms with E-state index in [0.29, 0.717) is 5.75 Å². The van der Waals surface area contributed by atoms with Gasteiger partial charge in [-0.1, -0.05) is 11.6 Å². The van der Waals surface area contributed by atoms with Gasteiger partial charge in [0.1, 0.15) is 5.15 Å². The number of pyridine rings is 1. The first-order valence-electron chi connectivity index (χ1n) is 4.53. The van der Waals surface area contributed by atoms with E-state index < -0.39 is 4.92 Å². The topological polar surface area (TPSA) is 83.1 Å². The van der Waals surface area contributed by atoms with E-state index in [1.165, 1.54) is 16.9 Å². The first-order valence-corrected chi connectivity index (χ1v) is 4.91. The van der Waals surface area contributed by atoms with Crippen LogP contribution in [0.1, 0.15) is 0 Å². The molecule has 0 aromatic carbocycles. The molecule has 8 heteroatoms. The van der Waals surface area contributed by atoms with E-state index in [1.807, 2.05) is 0 Å². The highest BCUT2D eigenvalue weighted by molar-refractivity contribution is 6.29. The summed E-state index contributed by atoms with van der Waals surface area (Å²) in [5.74, 6) is 0.480. The Morgan fingerprint density at radius 1 is 1.53 bits per heavy atom. The molecule has 0 aliphatic rings. The molecule has 0 aliphatic heterocycles. The molecule has 0 saturated heterocycles. The number of nitrogens with zero attached hydrogens (tertiary/aromatic N) is 4. The average molecular weight is 255 g/mol. The molecule has 0 unspecified atom stereocenters. The zero-order chi connectivity index (χ0) is 12.4. The van der Waals surface area contributed by atoms with Gasteiger partial charge in [-0.15, -0.1) is 0 Å². The number of halogens is 1. The number of aromatic nitrogens is 3. The summed E-state index contributed by atoms with van der Waals surface area (Å²) in [4.78, 5) is 13.9. The molecule has 2 heterocycles. The molecule has 0 atom stereocenters.